The molecule has 2 heterocycles. The molecule has 0 spiro atoms. The second kappa shape index (κ2) is 6.95. The van der Waals surface area contributed by atoms with E-state index in [1.54, 1.807) is 6.26 Å². The van der Waals surface area contributed by atoms with Gasteiger partial charge in [0.1, 0.15) is 5.76 Å². The molecule has 0 bridgehead atoms. The second-order valence-electron chi connectivity index (χ2n) is 5.42. The van der Waals surface area contributed by atoms with E-state index in [9.17, 15) is 0 Å². The number of rotatable bonds is 5. The molecule has 0 amide bonds. The van der Waals surface area contributed by atoms with Crippen LogP contribution in [0.2, 0.25) is 0 Å². The van der Waals surface area contributed by atoms with Crippen molar-refractivity contribution in [1.29, 1.82) is 0 Å². The molecule has 0 aromatic carbocycles. The maximum Gasteiger partial charge on any atom is 0.105 e. The maximum absolute atomic E-state index is 5.46. The summed E-state index contributed by atoms with van der Waals surface area (Å²) in [4.78, 5) is 2.61. The summed E-state index contributed by atoms with van der Waals surface area (Å²) in [5, 5.41) is 3.66. The van der Waals surface area contributed by atoms with Crippen LogP contribution in [0, 0.1) is 0 Å². The standard InChI is InChI=1S/C15H26N2O/c1-3-6-14-12-17(9-5-8-16-14)13(2)11-15-7-4-10-18-15/h4,7,10,13-14,16H,3,5-6,8-9,11-12H2,1-2H3. The molecule has 102 valence electrons. The zero-order chi connectivity index (χ0) is 12.8. The van der Waals surface area contributed by atoms with Crippen LogP contribution in [-0.2, 0) is 6.42 Å². The third-order valence-electron chi connectivity index (χ3n) is 3.85. The molecule has 1 aromatic rings. The van der Waals surface area contributed by atoms with Crippen LogP contribution in [0.5, 0.6) is 0 Å². The zero-order valence-electron chi connectivity index (χ0n) is 11.7. The minimum atomic E-state index is 0.565. The molecule has 3 nitrogen and oxygen atoms in total. The lowest BCUT2D eigenvalue weighted by Gasteiger charge is -2.29. The predicted octanol–water partition coefficient (Wildman–Crippen LogP) is 2.67. The van der Waals surface area contributed by atoms with Crippen LogP contribution in [-0.4, -0.2) is 36.6 Å². The van der Waals surface area contributed by atoms with Gasteiger partial charge in [-0.3, -0.25) is 4.90 Å². The lowest BCUT2D eigenvalue weighted by atomic mass is 10.1. The van der Waals surface area contributed by atoms with Crippen LogP contribution in [0.1, 0.15) is 38.9 Å². The Hall–Kier alpha value is -0.800. The number of furan rings is 1. The molecule has 0 saturated carbocycles. The Balaban J connectivity index is 1.89. The molecule has 1 fully saturated rings. The molecule has 2 rings (SSSR count). The highest BCUT2D eigenvalue weighted by Gasteiger charge is 2.21. The molecule has 1 saturated heterocycles. The van der Waals surface area contributed by atoms with Gasteiger partial charge < -0.3 is 9.73 Å². The summed E-state index contributed by atoms with van der Waals surface area (Å²) in [6.07, 6.45) is 6.59. The van der Waals surface area contributed by atoms with Gasteiger partial charge >= 0.3 is 0 Å². The molecule has 1 aromatic heterocycles. The highest BCUT2D eigenvalue weighted by Crippen LogP contribution is 2.13. The number of nitrogens with one attached hydrogen (secondary N) is 1. The predicted molar refractivity (Wildman–Crippen MR) is 74.8 cm³/mol. The quantitative estimate of drug-likeness (QED) is 0.871. The van der Waals surface area contributed by atoms with Crippen molar-refractivity contribution in [3.8, 4) is 0 Å². The molecule has 18 heavy (non-hydrogen) atoms. The van der Waals surface area contributed by atoms with Gasteiger partial charge in [0, 0.05) is 25.0 Å². The van der Waals surface area contributed by atoms with Crippen LogP contribution in [0.25, 0.3) is 0 Å². The van der Waals surface area contributed by atoms with E-state index in [1.807, 2.05) is 6.07 Å². The van der Waals surface area contributed by atoms with E-state index in [4.69, 9.17) is 4.42 Å². The van der Waals surface area contributed by atoms with Crippen molar-refractivity contribution in [3.05, 3.63) is 24.2 Å². The fraction of sp³-hybridized carbons (Fsp3) is 0.733. The summed E-state index contributed by atoms with van der Waals surface area (Å²) >= 11 is 0. The third kappa shape index (κ3) is 3.85. The summed E-state index contributed by atoms with van der Waals surface area (Å²) in [7, 11) is 0. The number of hydrogen-bond donors (Lipinski definition) is 1. The second-order valence-corrected chi connectivity index (χ2v) is 5.42. The van der Waals surface area contributed by atoms with Gasteiger partial charge in [0.05, 0.1) is 6.26 Å². The van der Waals surface area contributed by atoms with Gasteiger partial charge in [0.25, 0.3) is 0 Å². The smallest absolute Gasteiger partial charge is 0.105 e. The van der Waals surface area contributed by atoms with E-state index in [1.165, 1.54) is 32.4 Å². The normalized spacial score (nSPS) is 23.8. The van der Waals surface area contributed by atoms with Gasteiger partial charge in [0.15, 0.2) is 0 Å². The van der Waals surface area contributed by atoms with E-state index in [2.05, 4.69) is 30.1 Å². The Bertz CT molecular complexity index is 323. The summed E-state index contributed by atoms with van der Waals surface area (Å²) in [6, 6.07) is 5.29. The van der Waals surface area contributed by atoms with Crippen molar-refractivity contribution in [2.75, 3.05) is 19.6 Å². The summed E-state index contributed by atoms with van der Waals surface area (Å²) in [5.41, 5.74) is 0. The monoisotopic (exact) mass is 250 g/mol. The first kappa shape index (κ1) is 13.6. The molecule has 3 heteroatoms. The molecular weight excluding hydrogens is 224 g/mol. The Kier molecular flexibility index (Phi) is 5.26. The fourth-order valence-electron chi connectivity index (χ4n) is 2.82. The van der Waals surface area contributed by atoms with Crippen molar-refractivity contribution in [2.24, 2.45) is 0 Å². The van der Waals surface area contributed by atoms with Crippen molar-refractivity contribution < 1.29 is 4.42 Å². The van der Waals surface area contributed by atoms with Gasteiger partial charge in [-0.25, -0.2) is 0 Å². The molecule has 2 unspecified atom stereocenters. The van der Waals surface area contributed by atoms with Crippen LogP contribution >= 0.6 is 0 Å². The lowest BCUT2D eigenvalue weighted by molar-refractivity contribution is 0.195. The van der Waals surface area contributed by atoms with Gasteiger partial charge in [-0.05, 0) is 45.0 Å². The van der Waals surface area contributed by atoms with Crippen molar-refractivity contribution in [1.82, 2.24) is 10.2 Å². The molecule has 2 atom stereocenters. The van der Waals surface area contributed by atoms with Crippen molar-refractivity contribution in [2.45, 2.75) is 51.6 Å². The summed E-state index contributed by atoms with van der Waals surface area (Å²) < 4.78 is 5.46. The van der Waals surface area contributed by atoms with Crippen LogP contribution in [0.15, 0.2) is 22.8 Å². The van der Waals surface area contributed by atoms with Gasteiger partial charge in [0.2, 0.25) is 0 Å². The number of hydrogen-bond acceptors (Lipinski definition) is 3. The SMILES string of the molecule is CCCC1CN(C(C)Cc2ccco2)CCCN1. The Morgan fingerprint density at radius 3 is 3.17 bits per heavy atom. The van der Waals surface area contributed by atoms with Crippen molar-refractivity contribution in [3.63, 3.8) is 0 Å². The Morgan fingerprint density at radius 1 is 1.56 bits per heavy atom. The number of nitrogens with zero attached hydrogens (tertiary/aromatic N) is 1. The Morgan fingerprint density at radius 2 is 2.44 bits per heavy atom. The molecule has 0 aliphatic carbocycles. The van der Waals surface area contributed by atoms with Gasteiger partial charge in [-0.1, -0.05) is 13.3 Å². The summed E-state index contributed by atoms with van der Waals surface area (Å²) in [5.74, 6) is 1.10. The van der Waals surface area contributed by atoms with Crippen LogP contribution < -0.4 is 5.32 Å². The maximum atomic E-state index is 5.46. The summed E-state index contributed by atoms with van der Waals surface area (Å²) in [6.45, 7) is 8.12. The van der Waals surface area contributed by atoms with E-state index in [0.717, 1.165) is 18.7 Å². The largest absolute Gasteiger partial charge is 0.469 e. The minimum Gasteiger partial charge on any atom is -0.469 e. The van der Waals surface area contributed by atoms with Gasteiger partial charge in [-0.15, -0.1) is 0 Å². The lowest BCUT2D eigenvalue weighted by Crippen LogP contribution is -2.42. The molecule has 1 N–H and O–H groups in total. The van der Waals surface area contributed by atoms with E-state index < -0.39 is 0 Å². The average molecular weight is 250 g/mol. The van der Waals surface area contributed by atoms with Crippen molar-refractivity contribution >= 4 is 0 Å². The molecule has 1 aliphatic rings. The fourth-order valence-corrected chi connectivity index (χ4v) is 2.82. The molecular formula is C15H26N2O. The highest BCUT2D eigenvalue weighted by molar-refractivity contribution is 5.00. The first-order valence-corrected chi connectivity index (χ1v) is 7.29. The molecule has 0 radical (unpaired) electrons. The van der Waals surface area contributed by atoms with Crippen LogP contribution in [0.3, 0.4) is 0 Å². The first-order chi connectivity index (χ1) is 8.79. The average Bonchev–Trinajstić information content (AvgIpc) is 2.74. The third-order valence-corrected chi connectivity index (χ3v) is 3.85. The zero-order valence-corrected chi connectivity index (χ0v) is 11.7. The first-order valence-electron chi connectivity index (χ1n) is 7.29. The topological polar surface area (TPSA) is 28.4 Å². The Labute approximate surface area is 111 Å². The van der Waals surface area contributed by atoms with Gasteiger partial charge in [-0.2, -0.15) is 0 Å². The van der Waals surface area contributed by atoms with E-state index >= 15 is 0 Å². The van der Waals surface area contributed by atoms with E-state index in [0.29, 0.717) is 12.1 Å². The minimum absolute atomic E-state index is 0.565. The molecule has 1 aliphatic heterocycles. The van der Waals surface area contributed by atoms with E-state index in [-0.39, 0.29) is 0 Å². The van der Waals surface area contributed by atoms with Crippen LogP contribution in [0.4, 0.5) is 0 Å². The highest BCUT2D eigenvalue weighted by atomic mass is 16.3.